The molecule has 1 saturated heterocycles. The van der Waals surface area contributed by atoms with Gasteiger partial charge in [0.05, 0.1) is 12.8 Å². The minimum absolute atomic E-state index is 0.113. The summed E-state index contributed by atoms with van der Waals surface area (Å²) in [5.74, 6) is 0.254. The van der Waals surface area contributed by atoms with E-state index in [0.717, 1.165) is 31.0 Å². The zero-order valence-corrected chi connectivity index (χ0v) is 15.8. The lowest BCUT2D eigenvalue weighted by molar-refractivity contribution is 0.0600. The van der Waals surface area contributed by atoms with Gasteiger partial charge in [0, 0.05) is 50.7 Å². The van der Waals surface area contributed by atoms with Gasteiger partial charge in [0.25, 0.3) is 0 Å². The Hall–Kier alpha value is -2.51. The van der Waals surface area contributed by atoms with E-state index in [4.69, 9.17) is 4.74 Å². The zero-order valence-electron chi connectivity index (χ0n) is 15.8. The molecule has 0 aliphatic carbocycles. The quantitative estimate of drug-likeness (QED) is 0.775. The van der Waals surface area contributed by atoms with Crippen LogP contribution in [0.15, 0.2) is 36.5 Å². The molecule has 2 aromatic rings. The second kappa shape index (κ2) is 8.92. The summed E-state index contributed by atoms with van der Waals surface area (Å²) in [7, 11) is 1.38. The number of aromatic nitrogens is 2. The molecule has 1 atom stereocenters. The van der Waals surface area contributed by atoms with Gasteiger partial charge in [-0.2, -0.15) is 0 Å². The Morgan fingerprint density at radius 3 is 2.89 bits per heavy atom. The van der Waals surface area contributed by atoms with Gasteiger partial charge in [0.2, 0.25) is 0 Å². The minimum Gasteiger partial charge on any atom is -0.465 e. The molecule has 1 aliphatic rings. The molecule has 0 bridgehead atoms. The summed E-state index contributed by atoms with van der Waals surface area (Å²) in [6.45, 7) is 5.08. The van der Waals surface area contributed by atoms with Crippen molar-refractivity contribution in [3.05, 3.63) is 53.5 Å². The Morgan fingerprint density at radius 2 is 2.15 bits per heavy atom. The summed E-state index contributed by atoms with van der Waals surface area (Å²) >= 11 is 0. The van der Waals surface area contributed by atoms with E-state index < -0.39 is 0 Å². The second-order valence-corrected chi connectivity index (χ2v) is 6.72. The summed E-state index contributed by atoms with van der Waals surface area (Å²) in [5, 5.41) is 9.53. The van der Waals surface area contributed by atoms with Crippen LogP contribution in [-0.4, -0.2) is 65.3 Å². The van der Waals surface area contributed by atoms with Crippen molar-refractivity contribution in [2.75, 3.05) is 38.3 Å². The Morgan fingerprint density at radius 1 is 1.30 bits per heavy atom. The zero-order chi connectivity index (χ0) is 19.2. The van der Waals surface area contributed by atoms with Gasteiger partial charge in [0.15, 0.2) is 0 Å². The fraction of sp³-hybridized carbons (Fsp3) is 0.450. The van der Waals surface area contributed by atoms with Gasteiger partial charge in [-0.25, -0.2) is 9.78 Å². The van der Waals surface area contributed by atoms with E-state index in [9.17, 15) is 9.90 Å². The number of hydrogen-bond donors (Lipinski definition) is 1. The van der Waals surface area contributed by atoms with Crippen molar-refractivity contribution in [1.29, 1.82) is 0 Å². The Labute approximate surface area is 159 Å². The van der Waals surface area contributed by atoms with Crippen molar-refractivity contribution in [1.82, 2.24) is 14.9 Å². The van der Waals surface area contributed by atoms with Crippen LogP contribution in [0.2, 0.25) is 0 Å². The molecule has 0 saturated carbocycles. The van der Waals surface area contributed by atoms with Crippen LogP contribution in [0.3, 0.4) is 0 Å². The smallest absolute Gasteiger partial charge is 0.341 e. The highest BCUT2D eigenvalue weighted by atomic mass is 16.5. The highest BCUT2D eigenvalue weighted by Gasteiger charge is 2.29. The molecule has 1 aliphatic heterocycles. The molecule has 27 heavy (non-hydrogen) atoms. The van der Waals surface area contributed by atoms with E-state index in [2.05, 4.69) is 19.8 Å². The molecule has 0 aromatic carbocycles. The topological polar surface area (TPSA) is 78.8 Å². The summed E-state index contributed by atoms with van der Waals surface area (Å²) in [4.78, 5) is 25.5. The van der Waals surface area contributed by atoms with Crippen molar-refractivity contribution < 1.29 is 14.6 Å². The maximum atomic E-state index is 12.1. The Balaban J connectivity index is 1.77. The Bertz CT molecular complexity index is 783. The van der Waals surface area contributed by atoms with Gasteiger partial charge >= 0.3 is 5.97 Å². The van der Waals surface area contributed by atoms with E-state index in [1.165, 1.54) is 7.11 Å². The van der Waals surface area contributed by atoms with Crippen molar-refractivity contribution in [3.8, 4) is 0 Å². The van der Waals surface area contributed by atoms with E-state index in [-0.39, 0.29) is 18.6 Å². The number of pyridine rings is 2. The number of piperazine rings is 1. The van der Waals surface area contributed by atoms with Crippen molar-refractivity contribution >= 4 is 11.8 Å². The highest BCUT2D eigenvalue weighted by molar-refractivity contribution is 5.94. The molecule has 3 heterocycles. The molecule has 0 unspecified atom stereocenters. The number of aryl methyl sites for hydroxylation is 1. The first kappa shape index (κ1) is 19.3. The monoisotopic (exact) mass is 370 g/mol. The first-order valence-electron chi connectivity index (χ1n) is 9.18. The fourth-order valence-corrected chi connectivity index (χ4v) is 3.53. The average molecular weight is 370 g/mol. The SMILES string of the molecule is COC(=O)c1cccnc1N1CCN(Cc2cccc(C)n2)[C@@H](CCO)C1. The first-order valence-corrected chi connectivity index (χ1v) is 9.18. The number of ether oxygens (including phenoxy) is 1. The van der Waals surface area contributed by atoms with E-state index in [1.54, 1.807) is 18.3 Å². The number of aliphatic hydroxyl groups is 1. The maximum absolute atomic E-state index is 12.1. The van der Waals surface area contributed by atoms with E-state index >= 15 is 0 Å². The molecule has 7 nitrogen and oxygen atoms in total. The van der Waals surface area contributed by atoms with Crippen LogP contribution in [0, 0.1) is 6.92 Å². The standard InChI is InChI=1S/C20H26N4O3/c1-15-5-3-6-16(22-15)13-23-10-11-24(14-17(23)8-12-25)19-18(20(26)27-2)7-4-9-21-19/h3-7,9,17,25H,8,10-14H2,1-2H3/t17-/m0/s1. The van der Waals surface area contributed by atoms with Gasteiger partial charge in [-0.3, -0.25) is 9.88 Å². The molecule has 3 rings (SSSR count). The van der Waals surface area contributed by atoms with Crippen LogP contribution in [-0.2, 0) is 11.3 Å². The van der Waals surface area contributed by atoms with Crippen molar-refractivity contribution in [2.45, 2.75) is 25.9 Å². The number of carbonyl (C=O) groups is 1. The van der Waals surface area contributed by atoms with Crippen LogP contribution in [0.4, 0.5) is 5.82 Å². The third kappa shape index (κ3) is 4.61. The lowest BCUT2D eigenvalue weighted by Crippen LogP contribution is -2.53. The lowest BCUT2D eigenvalue weighted by atomic mass is 10.1. The predicted octanol–water partition coefficient (Wildman–Crippen LogP) is 1.64. The maximum Gasteiger partial charge on any atom is 0.341 e. The molecule has 0 amide bonds. The second-order valence-electron chi connectivity index (χ2n) is 6.72. The van der Waals surface area contributed by atoms with Crippen molar-refractivity contribution in [2.24, 2.45) is 0 Å². The highest BCUT2D eigenvalue weighted by Crippen LogP contribution is 2.24. The third-order valence-electron chi connectivity index (χ3n) is 4.87. The third-order valence-corrected chi connectivity index (χ3v) is 4.87. The molecule has 7 heteroatoms. The van der Waals surface area contributed by atoms with Crippen LogP contribution in [0.1, 0.15) is 28.2 Å². The summed E-state index contributed by atoms with van der Waals surface area (Å²) in [6, 6.07) is 9.66. The Kier molecular flexibility index (Phi) is 6.36. The van der Waals surface area contributed by atoms with Gasteiger partial charge < -0.3 is 14.7 Å². The largest absolute Gasteiger partial charge is 0.465 e. The van der Waals surface area contributed by atoms with Crippen LogP contribution in [0.25, 0.3) is 0 Å². The number of carbonyl (C=O) groups excluding carboxylic acids is 1. The number of aliphatic hydroxyl groups excluding tert-OH is 1. The minimum atomic E-state index is -0.386. The van der Waals surface area contributed by atoms with E-state index in [0.29, 0.717) is 24.3 Å². The molecule has 0 spiro atoms. The summed E-state index contributed by atoms with van der Waals surface area (Å²) in [5.41, 5.74) is 2.50. The average Bonchev–Trinajstić information content (AvgIpc) is 2.69. The summed E-state index contributed by atoms with van der Waals surface area (Å²) in [6.07, 6.45) is 2.34. The number of hydrogen-bond acceptors (Lipinski definition) is 7. The number of esters is 1. The van der Waals surface area contributed by atoms with Gasteiger partial charge in [-0.05, 0) is 37.6 Å². The van der Waals surface area contributed by atoms with Crippen molar-refractivity contribution in [3.63, 3.8) is 0 Å². The van der Waals surface area contributed by atoms with Gasteiger partial charge in [-0.1, -0.05) is 6.07 Å². The fourth-order valence-electron chi connectivity index (χ4n) is 3.53. The molecule has 2 aromatic heterocycles. The lowest BCUT2D eigenvalue weighted by Gasteiger charge is -2.42. The van der Waals surface area contributed by atoms with Gasteiger partial charge in [-0.15, -0.1) is 0 Å². The number of nitrogens with zero attached hydrogens (tertiary/aromatic N) is 4. The summed E-state index contributed by atoms with van der Waals surface area (Å²) < 4.78 is 4.89. The predicted molar refractivity (Wildman–Crippen MR) is 103 cm³/mol. The molecular formula is C20H26N4O3. The van der Waals surface area contributed by atoms with Gasteiger partial charge in [0.1, 0.15) is 11.4 Å². The first-order chi connectivity index (χ1) is 13.1. The van der Waals surface area contributed by atoms with E-state index in [1.807, 2.05) is 25.1 Å². The normalized spacial score (nSPS) is 17.7. The van der Waals surface area contributed by atoms with Crippen LogP contribution >= 0.6 is 0 Å². The number of methoxy groups -OCH3 is 1. The van der Waals surface area contributed by atoms with Crippen LogP contribution < -0.4 is 4.90 Å². The number of anilines is 1. The molecule has 1 N–H and O–H groups in total. The molecule has 1 fully saturated rings. The molecule has 0 radical (unpaired) electrons. The number of rotatable bonds is 6. The molecule has 144 valence electrons. The van der Waals surface area contributed by atoms with Crippen LogP contribution in [0.5, 0.6) is 0 Å². The molecular weight excluding hydrogens is 344 g/mol.